The van der Waals surface area contributed by atoms with Gasteiger partial charge in [0.25, 0.3) is 5.91 Å². The molecule has 9 heteroatoms. The molecule has 2 amide bonds. The predicted molar refractivity (Wildman–Crippen MR) is 127 cm³/mol. The van der Waals surface area contributed by atoms with Gasteiger partial charge in [0.2, 0.25) is 0 Å². The Morgan fingerprint density at radius 1 is 1.21 bits per heavy atom. The number of rotatable bonds is 6. The van der Waals surface area contributed by atoms with Crippen molar-refractivity contribution in [1.82, 2.24) is 5.32 Å². The number of benzene rings is 1. The lowest BCUT2D eigenvalue weighted by Crippen LogP contribution is -2.47. The van der Waals surface area contributed by atoms with Crippen LogP contribution in [0.4, 0.5) is 10.5 Å². The summed E-state index contributed by atoms with van der Waals surface area (Å²) in [6.07, 6.45) is 1.26. The van der Waals surface area contributed by atoms with Gasteiger partial charge in [-0.05, 0) is 48.6 Å². The van der Waals surface area contributed by atoms with Crippen LogP contribution < -0.4 is 10.2 Å². The molecule has 1 aromatic carbocycles. The maximum absolute atomic E-state index is 12.4. The van der Waals surface area contributed by atoms with Gasteiger partial charge in [0.15, 0.2) is 5.78 Å². The zero-order chi connectivity index (χ0) is 23.4. The summed E-state index contributed by atoms with van der Waals surface area (Å²) in [4.78, 5) is 38.9. The van der Waals surface area contributed by atoms with Gasteiger partial charge in [0.1, 0.15) is 6.61 Å². The number of Topliss-reactive ketones (excluding diaryl/α,β-unsaturated/α-hetero) is 1. The maximum atomic E-state index is 12.4. The van der Waals surface area contributed by atoms with E-state index in [1.807, 2.05) is 31.2 Å². The number of amides is 2. The van der Waals surface area contributed by atoms with Crippen molar-refractivity contribution < 1.29 is 23.9 Å². The second kappa shape index (κ2) is 10.7. The molecule has 2 aliphatic rings. The quantitative estimate of drug-likeness (QED) is 0.656. The van der Waals surface area contributed by atoms with Crippen LogP contribution in [0, 0.1) is 17.8 Å². The predicted octanol–water partition coefficient (Wildman–Crippen LogP) is 4.19. The van der Waals surface area contributed by atoms with E-state index in [9.17, 15) is 14.4 Å². The molecule has 2 fully saturated rings. The smallest absolute Gasteiger partial charge is 0.414 e. The van der Waals surface area contributed by atoms with Crippen LogP contribution in [0.1, 0.15) is 28.6 Å². The van der Waals surface area contributed by atoms with Gasteiger partial charge >= 0.3 is 6.09 Å². The van der Waals surface area contributed by atoms with E-state index in [4.69, 9.17) is 21.1 Å². The number of hydrogen-bond acceptors (Lipinski definition) is 6. The SMILES string of the molecule is CC1C(=O)COCCC1Cc1ccc(N2CC(CNC(=O)c3ccc(Cl)s3)COC2=O)cc1. The molecular formula is C24H27ClN2O5S. The van der Waals surface area contributed by atoms with E-state index < -0.39 is 6.09 Å². The third-order valence-electron chi connectivity index (χ3n) is 6.29. The average molecular weight is 491 g/mol. The highest BCUT2D eigenvalue weighted by molar-refractivity contribution is 7.18. The van der Waals surface area contributed by atoms with Crippen LogP contribution >= 0.6 is 22.9 Å². The second-order valence-corrected chi connectivity index (χ2v) is 10.3. The van der Waals surface area contributed by atoms with Gasteiger partial charge in [0, 0.05) is 37.2 Å². The first-order chi connectivity index (χ1) is 15.9. The fourth-order valence-electron chi connectivity index (χ4n) is 4.19. The van der Waals surface area contributed by atoms with Crippen molar-refractivity contribution in [3.8, 4) is 0 Å². The number of nitrogens with zero attached hydrogens (tertiary/aromatic N) is 1. The zero-order valence-electron chi connectivity index (χ0n) is 18.4. The van der Waals surface area contributed by atoms with Crippen LogP contribution in [0.5, 0.6) is 0 Å². The van der Waals surface area contributed by atoms with Gasteiger partial charge in [-0.2, -0.15) is 0 Å². The molecule has 0 radical (unpaired) electrons. The van der Waals surface area contributed by atoms with Crippen LogP contribution in [0.25, 0.3) is 0 Å². The largest absolute Gasteiger partial charge is 0.449 e. The summed E-state index contributed by atoms with van der Waals surface area (Å²) in [5, 5.41) is 2.89. The minimum Gasteiger partial charge on any atom is -0.449 e. The first-order valence-corrected chi connectivity index (χ1v) is 12.3. The number of cyclic esters (lactones) is 1. The van der Waals surface area contributed by atoms with Crippen molar-refractivity contribution in [3.63, 3.8) is 0 Å². The van der Waals surface area contributed by atoms with E-state index in [-0.39, 0.29) is 42.7 Å². The minimum absolute atomic E-state index is 0.0228. The highest BCUT2D eigenvalue weighted by atomic mass is 35.5. The number of carbonyl (C=O) groups is 3. The lowest BCUT2D eigenvalue weighted by Gasteiger charge is -2.32. The Hall–Kier alpha value is -2.42. The first kappa shape index (κ1) is 23.7. The van der Waals surface area contributed by atoms with Crippen molar-refractivity contribution >= 4 is 46.4 Å². The third-order valence-corrected chi connectivity index (χ3v) is 7.52. The minimum atomic E-state index is -0.393. The summed E-state index contributed by atoms with van der Waals surface area (Å²) in [6.45, 7) is 3.90. The lowest BCUT2D eigenvalue weighted by molar-refractivity contribution is -0.126. The summed E-state index contributed by atoms with van der Waals surface area (Å²) in [6, 6.07) is 11.2. The molecule has 3 unspecified atom stereocenters. The van der Waals surface area contributed by atoms with E-state index in [2.05, 4.69) is 5.32 Å². The Kier molecular flexibility index (Phi) is 7.67. The number of carbonyl (C=O) groups excluding carboxylic acids is 3. The molecule has 0 aliphatic carbocycles. The maximum Gasteiger partial charge on any atom is 0.414 e. The highest BCUT2D eigenvalue weighted by Crippen LogP contribution is 2.27. The Balaban J connectivity index is 1.34. The van der Waals surface area contributed by atoms with Crippen LogP contribution in [0.2, 0.25) is 4.34 Å². The highest BCUT2D eigenvalue weighted by Gasteiger charge is 2.30. The summed E-state index contributed by atoms with van der Waals surface area (Å²) in [7, 11) is 0. The summed E-state index contributed by atoms with van der Waals surface area (Å²) in [5.41, 5.74) is 1.87. The molecule has 2 aromatic rings. The molecule has 2 saturated heterocycles. The molecule has 33 heavy (non-hydrogen) atoms. The van der Waals surface area contributed by atoms with Crippen molar-refractivity contribution in [2.75, 3.05) is 37.8 Å². The molecule has 0 bridgehead atoms. The monoisotopic (exact) mass is 490 g/mol. The number of nitrogens with one attached hydrogen (secondary N) is 1. The van der Waals surface area contributed by atoms with Gasteiger partial charge < -0.3 is 14.8 Å². The molecule has 0 saturated carbocycles. The van der Waals surface area contributed by atoms with Gasteiger partial charge in [-0.1, -0.05) is 30.7 Å². The topological polar surface area (TPSA) is 84.9 Å². The number of hydrogen-bond donors (Lipinski definition) is 1. The number of halogens is 1. The second-order valence-electron chi connectivity index (χ2n) is 8.59. The Morgan fingerprint density at radius 3 is 2.73 bits per heavy atom. The van der Waals surface area contributed by atoms with E-state index >= 15 is 0 Å². The standard InChI is InChI=1S/C24H27ClN2O5S/c1-15-18(8-9-31-14-20(15)28)10-16-2-4-19(5-3-16)27-12-17(13-32-24(27)30)11-26-23(29)21-6-7-22(25)33-21/h2-7,15,17-18H,8-14H2,1H3,(H,26,29). The zero-order valence-corrected chi connectivity index (χ0v) is 20.0. The Labute approximate surface area is 202 Å². The third kappa shape index (κ3) is 5.93. The molecule has 2 aliphatic heterocycles. The summed E-state index contributed by atoms with van der Waals surface area (Å²) >= 11 is 7.12. The molecule has 1 aromatic heterocycles. The number of anilines is 1. The van der Waals surface area contributed by atoms with E-state index in [1.165, 1.54) is 11.3 Å². The van der Waals surface area contributed by atoms with Crippen molar-refractivity contribution in [2.24, 2.45) is 17.8 Å². The van der Waals surface area contributed by atoms with Crippen LogP contribution in [-0.2, 0) is 20.7 Å². The van der Waals surface area contributed by atoms with Crippen LogP contribution in [-0.4, -0.2) is 50.7 Å². The summed E-state index contributed by atoms with van der Waals surface area (Å²) < 4.78 is 11.3. The van der Waals surface area contributed by atoms with Gasteiger partial charge in [-0.3, -0.25) is 14.5 Å². The van der Waals surface area contributed by atoms with Crippen LogP contribution in [0.15, 0.2) is 36.4 Å². The molecule has 3 heterocycles. The average Bonchev–Trinajstić information content (AvgIpc) is 3.20. The summed E-state index contributed by atoms with van der Waals surface area (Å²) in [5.74, 6) is 0.170. The molecule has 3 atom stereocenters. The number of ketones is 1. The molecule has 1 N–H and O–H groups in total. The normalized spacial score (nSPS) is 23.7. The van der Waals surface area contributed by atoms with Crippen molar-refractivity contribution in [1.29, 1.82) is 0 Å². The van der Waals surface area contributed by atoms with Crippen molar-refractivity contribution in [2.45, 2.75) is 19.8 Å². The molecule has 4 rings (SSSR count). The van der Waals surface area contributed by atoms with Gasteiger partial charge in [0.05, 0.1) is 15.8 Å². The first-order valence-electron chi connectivity index (χ1n) is 11.1. The molecule has 176 valence electrons. The molecule has 0 spiro atoms. The van der Waals surface area contributed by atoms with E-state index in [0.29, 0.717) is 28.9 Å². The van der Waals surface area contributed by atoms with Crippen LogP contribution in [0.3, 0.4) is 0 Å². The molecular weight excluding hydrogens is 464 g/mol. The molecule has 7 nitrogen and oxygen atoms in total. The van der Waals surface area contributed by atoms with Gasteiger partial charge in [-0.15, -0.1) is 11.3 Å². The number of thiophene rings is 1. The number of ether oxygens (including phenoxy) is 2. The Morgan fingerprint density at radius 2 is 2.00 bits per heavy atom. The Bertz CT molecular complexity index is 1010. The van der Waals surface area contributed by atoms with Gasteiger partial charge in [-0.25, -0.2) is 4.79 Å². The van der Waals surface area contributed by atoms with Crippen molar-refractivity contribution in [3.05, 3.63) is 51.2 Å². The fourth-order valence-corrected chi connectivity index (χ4v) is 5.15. The fraction of sp³-hybridized carbons (Fsp3) is 0.458. The van der Waals surface area contributed by atoms with E-state index in [1.54, 1.807) is 17.0 Å². The lowest BCUT2D eigenvalue weighted by atomic mass is 9.84. The van der Waals surface area contributed by atoms with E-state index in [0.717, 1.165) is 24.1 Å².